The van der Waals surface area contributed by atoms with Crippen molar-refractivity contribution in [3.8, 4) is 0 Å². The van der Waals surface area contributed by atoms with Gasteiger partial charge in [0.2, 0.25) is 0 Å². The Kier molecular flexibility index (Phi) is 2.49. The van der Waals surface area contributed by atoms with E-state index in [-0.39, 0.29) is 11.3 Å². The first kappa shape index (κ1) is 8.35. The van der Waals surface area contributed by atoms with Gasteiger partial charge in [-0.2, -0.15) is 0 Å². The SMILES string of the molecule is NNC(=O)c1ncccc1C=O. The van der Waals surface area contributed by atoms with E-state index >= 15 is 0 Å². The predicted molar refractivity (Wildman–Crippen MR) is 41.3 cm³/mol. The van der Waals surface area contributed by atoms with Gasteiger partial charge in [-0.15, -0.1) is 0 Å². The molecule has 0 aliphatic heterocycles. The Morgan fingerprint density at radius 2 is 2.42 bits per heavy atom. The quantitative estimate of drug-likeness (QED) is 0.267. The van der Waals surface area contributed by atoms with E-state index in [9.17, 15) is 9.59 Å². The van der Waals surface area contributed by atoms with Crippen molar-refractivity contribution in [2.24, 2.45) is 5.84 Å². The minimum Gasteiger partial charge on any atom is -0.298 e. The van der Waals surface area contributed by atoms with Crippen LogP contribution in [0.3, 0.4) is 0 Å². The Balaban J connectivity index is 3.13. The Labute approximate surface area is 68.6 Å². The Hall–Kier alpha value is -1.75. The Morgan fingerprint density at radius 3 is 3.00 bits per heavy atom. The summed E-state index contributed by atoms with van der Waals surface area (Å²) in [5.41, 5.74) is 2.16. The van der Waals surface area contributed by atoms with Gasteiger partial charge in [-0.25, -0.2) is 5.84 Å². The topological polar surface area (TPSA) is 85.1 Å². The van der Waals surface area contributed by atoms with E-state index in [2.05, 4.69) is 4.98 Å². The number of nitrogens with one attached hydrogen (secondary N) is 1. The molecule has 1 amide bonds. The number of rotatable bonds is 2. The van der Waals surface area contributed by atoms with Gasteiger partial charge in [0.15, 0.2) is 6.29 Å². The molecule has 0 saturated heterocycles. The minimum atomic E-state index is -0.572. The maximum Gasteiger partial charge on any atom is 0.284 e. The average Bonchev–Trinajstić information content (AvgIpc) is 2.16. The second kappa shape index (κ2) is 3.59. The number of aldehydes is 1. The number of hydrogen-bond donors (Lipinski definition) is 2. The zero-order chi connectivity index (χ0) is 8.97. The van der Waals surface area contributed by atoms with E-state index in [4.69, 9.17) is 5.84 Å². The van der Waals surface area contributed by atoms with E-state index in [1.165, 1.54) is 12.3 Å². The Bertz CT molecular complexity index is 311. The maximum atomic E-state index is 10.9. The molecule has 0 aliphatic carbocycles. The van der Waals surface area contributed by atoms with Crippen molar-refractivity contribution in [1.82, 2.24) is 10.4 Å². The molecule has 0 spiro atoms. The third kappa shape index (κ3) is 1.46. The number of carbonyl (C=O) groups is 2. The van der Waals surface area contributed by atoms with Crippen LogP contribution in [-0.4, -0.2) is 17.2 Å². The van der Waals surface area contributed by atoms with Crippen LogP contribution in [0, 0.1) is 0 Å². The lowest BCUT2D eigenvalue weighted by atomic mass is 10.2. The molecule has 0 saturated carbocycles. The van der Waals surface area contributed by atoms with Crippen molar-refractivity contribution >= 4 is 12.2 Å². The summed E-state index contributed by atoms with van der Waals surface area (Å²) < 4.78 is 0. The fraction of sp³-hybridized carbons (Fsp3) is 0. The third-order valence-electron chi connectivity index (χ3n) is 1.31. The first-order valence-corrected chi connectivity index (χ1v) is 3.20. The van der Waals surface area contributed by atoms with E-state index in [1.807, 2.05) is 5.43 Å². The molecule has 0 atom stereocenters. The minimum absolute atomic E-state index is 0.0370. The number of nitrogen functional groups attached to an aromatic ring is 1. The molecule has 5 heteroatoms. The van der Waals surface area contributed by atoms with Crippen LogP contribution in [0.25, 0.3) is 0 Å². The molecule has 1 aromatic heterocycles. The molecule has 3 N–H and O–H groups in total. The number of pyridine rings is 1. The summed E-state index contributed by atoms with van der Waals surface area (Å²) in [5, 5.41) is 0. The highest BCUT2D eigenvalue weighted by Crippen LogP contribution is 2.00. The molecule has 12 heavy (non-hydrogen) atoms. The van der Waals surface area contributed by atoms with Gasteiger partial charge in [-0.05, 0) is 12.1 Å². The summed E-state index contributed by atoms with van der Waals surface area (Å²) in [7, 11) is 0. The zero-order valence-corrected chi connectivity index (χ0v) is 6.15. The molecule has 62 valence electrons. The average molecular weight is 165 g/mol. The standard InChI is InChI=1S/C7H7N3O2/c8-10-7(12)6-5(4-11)2-1-3-9-6/h1-4H,8H2,(H,10,12). The van der Waals surface area contributed by atoms with Crippen LogP contribution in [0.4, 0.5) is 0 Å². The third-order valence-corrected chi connectivity index (χ3v) is 1.31. The second-order valence-electron chi connectivity index (χ2n) is 2.03. The number of hydrazine groups is 1. The van der Waals surface area contributed by atoms with Crippen LogP contribution < -0.4 is 11.3 Å². The highest BCUT2D eigenvalue weighted by Gasteiger charge is 2.09. The van der Waals surface area contributed by atoms with Gasteiger partial charge in [0.05, 0.1) is 0 Å². The van der Waals surface area contributed by atoms with Crippen molar-refractivity contribution in [2.45, 2.75) is 0 Å². The van der Waals surface area contributed by atoms with Crippen LogP contribution in [0.5, 0.6) is 0 Å². The fourth-order valence-corrected chi connectivity index (χ4v) is 0.771. The summed E-state index contributed by atoms with van der Waals surface area (Å²) >= 11 is 0. The number of nitrogens with two attached hydrogens (primary N) is 1. The number of carbonyl (C=O) groups excluding carboxylic acids is 2. The molecule has 1 heterocycles. The van der Waals surface area contributed by atoms with Crippen LogP contribution in [-0.2, 0) is 0 Å². The normalized spacial score (nSPS) is 9.08. The van der Waals surface area contributed by atoms with E-state index in [0.717, 1.165) is 0 Å². The first-order valence-electron chi connectivity index (χ1n) is 3.20. The monoisotopic (exact) mass is 165 g/mol. The van der Waals surface area contributed by atoms with Crippen molar-refractivity contribution < 1.29 is 9.59 Å². The van der Waals surface area contributed by atoms with Crippen LogP contribution in [0.1, 0.15) is 20.8 Å². The van der Waals surface area contributed by atoms with Crippen LogP contribution >= 0.6 is 0 Å². The van der Waals surface area contributed by atoms with Gasteiger partial charge in [-0.3, -0.25) is 20.0 Å². The summed E-state index contributed by atoms with van der Waals surface area (Å²) in [6.07, 6.45) is 1.97. The van der Waals surface area contributed by atoms with Gasteiger partial charge in [0, 0.05) is 11.8 Å². The molecular weight excluding hydrogens is 158 g/mol. The molecule has 0 aromatic carbocycles. The number of aromatic nitrogens is 1. The summed E-state index contributed by atoms with van der Waals surface area (Å²) in [6.45, 7) is 0. The molecule has 1 aromatic rings. The lowest BCUT2D eigenvalue weighted by Crippen LogP contribution is -2.31. The van der Waals surface area contributed by atoms with Gasteiger partial charge in [-0.1, -0.05) is 0 Å². The van der Waals surface area contributed by atoms with Gasteiger partial charge < -0.3 is 0 Å². The van der Waals surface area contributed by atoms with Gasteiger partial charge >= 0.3 is 0 Å². The Morgan fingerprint density at radius 1 is 1.67 bits per heavy atom. The molecule has 0 radical (unpaired) electrons. The summed E-state index contributed by atoms with van der Waals surface area (Å²) in [5.74, 6) is 4.30. The van der Waals surface area contributed by atoms with Crippen molar-refractivity contribution in [1.29, 1.82) is 0 Å². The number of hydrogen-bond acceptors (Lipinski definition) is 4. The lowest BCUT2D eigenvalue weighted by Gasteiger charge is -1.99. The molecule has 0 aliphatic rings. The smallest absolute Gasteiger partial charge is 0.284 e. The largest absolute Gasteiger partial charge is 0.298 e. The van der Waals surface area contributed by atoms with E-state index in [1.54, 1.807) is 6.07 Å². The molecule has 0 fully saturated rings. The van der Waals surface area contributed by atoms with Crippen LogP contribution in [0.15, 0.2) is 18.3 Å². The second-order valence-corrected chi connectivity index (χ2v) is 2.03. The lowest BCUT2D eigenvalue weighted by molar-refractivity contribution is 0.0943. The number of amides is 1. The van der Waals surface area contributed by atoms with Crippen LogP contribution in [0.2, 0.25) is 0 Å². The van der Waals surface area contributed by atoms with E-state index in [0.29, 0.717) is 6.29 Å². The van der Waals surface area contributed by atoms with E-state index < -0.39 is 5.91 Å². The maximum absolute atomic E-state index is 10.9. The highest BCUT2D eigenvalue weighted by atomic mass is 16.2. The zero-order valence-electron chi connectivity index (χ0n) is 6.15. The van der Waals surface area contributed by atoms with Crippen molar-refractivity contribution in [3.63, 3.8) is 0 Å². The molecule has 1 rings (SSSR count). The highest BCUT2D eigenvalue weighted by molar-refractivity contribution is 5.99. The van der Waals surface area contributed by atoms with Gasteiger partial charge in [0.1, 0.15) is 5.69 Å². The van der Waals surface area contributed by atoms with Crippen molar-refractivity contribution in [3.05, 3.63) is 29.6 Å². The fourth-order valence-electron chi connectivity index (χ4n) is 0.771. The predicted octanol–water partition coefficient (Wildman–Crippen LogP) is -0.502. The molecular formula is C7H7N3O2. The molecule has 5 nitrogen and oxygen atoms in total. The first-order chi connectivity index (χ1) is 5.79. The molecule has 0 bridgehead atoms. The van der Waals surface area contributed by atoms with Gasteiger partial charge in [0.25, 0.3) is 5.91 Å². The van der Waals surface area contributed by atoms with Crippen molar-refractivity contribution in [2.75, 3.05) is 0 Å². The number of nitrogens with zero attached hydrogens (tertiary/aromatic N) is 1. The molecule has 0 unspecified atom stereocenters. The summed E-state index contributed by atoms with van der Waals surface area (Å²) in [4.78, 5) is 25.0. The summed E-state index contributed by atoms with van der Waals surface area (Å²) in [6, 6.07) is 3.06.